The minimum atomic E-state index is -1.14. The molecule has 7 heteroatoms. The second kappa shape index (κ2) is 8.56. The number of β-amino-alcohol motifs (C(OH)–C–C–N with tert-alkyl or cyclic N) is 2. The van der Waals surface area contributed by atoms with Crippen LogP contribution in [-0.4, -0.2) is 89.7 Å². The van der Waals surface area contributed by atoms with Gasteiger partial charge >= 0.3 is 0 Å². The second-order valence-electron chi connectivity index (χ2n) is 7.82. The second-order valence-corrected chi connectivity index (χ2v) is 7.82. The highest BCUT2D eigenvalue weighted by Crippen LogP contribution is 2.25. The first-order chi connectivity index (χ1) is 12.9. The van der Waals surface area contributed by atoms with Crippen molar-refractivity contribution in [1.29, 1.82) is 0 Å². The van der Waals surface area contributed by atoms with E-state index in [4.69, 9.17) is 9.47 Å². The number of aliphatic hydroxyl groups is 2. The first-order valence-electron chi connectivity index (χ1n) is 9.56. The van der Waals surface area contributed by atoms with Gasteiger partial charge in [-0.15, -0.1) is 0 Å². The molecule has 3 rings (SSSR count). The van der Waals surface area contributed by atoms with Gasteiger partial charge in [0.1, 0.15) is 18.0 Å². The van der Waals surface area contributed by atoms with Crippen molar-refractivity contribution in [2.24, 2.45) is 0 Å². The predicted molar refractivity (Wildman–Crippen MR) is 101 cm³/mol. The molecule has 27 heavy (non-hydrogen) atoms. The zero-order valence-corrected chi connectivity index (χ0v) is 16.0. The Morgan fingerprint density at radius 1 is 1.15 bits per heavy atom. The fourth-order valence-corrected chi connectivity index (χ4v) is 3.77. The maximum Gasteiger partial charge on any atom is 0.219 e. The van der Waals surface area contributed by atoms with E-state index in [0.717, 1.165) is 0 Å². The van der Waals surface area contributed by atoms with Crippen molar-refractivity contribution in [3.63, 3.8) is 0 Å². The van der Waals surface area contributed by atoms with Crippen LogP contribution < -0.4 is 4.74 Å². The average molecular weight is 378 g/mol. The van der Waals surface area contributed by atoms with Gasteiger partial charge < -0.3 is 24.6 Å². The van der Waals surface area contributed by atoms with Gasteiger partial charge in [-0.1, -0.05) is 18.2 Å². The molecule has 0 unspecified atom stereocenters. The zero-order valence-electron chi connectivity index (χ0n) is 16.0. The van der Waals surface area contributed by atoms with Crippen LogP contribution in [0.4, 0.5) is 0 Å². The van der Waals surface area contributed by atoms with Crippen LogP contribution in [0.1, 0.15) is 19.8 Å². The van der Waals surface area contributed by atoms with Gasteiger partial charge in [-0.3, -0.25) is 9.69 Å². The highest BCUT2D eigenvalue weighted by Gasteiger charge is 2.39. The Morgan fingerprint density at radius 2 is 1.85 bits per heavy atom. The van der Waals surface area contributed by atoms with E-state index in [-0.39, 0.29) is 19.1 Å². The molecule has 1 amide bonds. The molecule has 7 nitrogen and oxygen atoms in total. The average Bonchev–Trinajstić information content (AvgIpc) is 2.82. The molecule has 0 spiro atoms. The van der Waals surface area contributed by atoms with E-state index >= 15 is 0 Å². The summed E-state index contributed by atoms with van der Waals surface area (Å²) in [6, 6.07) is 9.39. The van der Waals surface area contributed by atoms with Gasteiger partial charge in [0.2, 0.25) is 5.91 Å². The summed E-state index contributed by atoms with van der Waals surface area (Å²) in [6.07, 6.45) is 1.09. The van der Waals surface area contributed by atoms with Gasteiger partial charge in [0, 0.05) is 39.6 Å². The Labute approximate surface area is 160 Å². The first kappa shape index (κ1) is 20.1. The Morgan fingerprint density at radius 3 is 2.52 bits per heavy atom. The Bertz CT molecular complexity index is 618. The molecule has 1 aromatic rings. The lowest BCUT2D eigenvalue weighted by Crippen LogP contribution is -2.55. The Kier molecular flexibility index (Phi) is 6.37. The smallest absolute Gasteiger partial charge is 0.219 e. The summed E-state index contributed by atoms with van der Waals surface area (Å²) in [7, 11) is 0. The maximum atomic E-state index is 11.5. The van der Waals surface area contributed by atoms with Crippen molar-refractivity contribution in [3.8, 4) is 5.75 Å². The SMILES string of the molecule is CC(=O)N1CCC(O)(CN2CCOC[C@](O)(COc3ccccc3)C2)CC1. The molecule has 0 bridgehead atoms. The quantitative estimate of drug-likeness (QED) is 0.777. The molecule has 1 atom stereocenters. The third kappa shape index (κ3) is 5.65. The predicted octanol–water partition coefficient (Wildman–Crippen LogP) is 0.502. The normalized spacial score (nSPS) is 26.4. The Balaban J connectivity index is 1.56. The molecular formula is C20H30N2O5. The lowest BCUT2D eigenvalue weighted by molar-refractivity contribution is -0.134. The lowest BCUT2D eigenvalue weighted by Gasteiger charge is -2.41. The minimum Gasteiger partial charge on any atom is -0.490 e. The largest absolute Gasteiger partial charge is 0.490 e. The standard InChI is InChI=1S/C20H30N2O5/c1-17(23)22-9-7-19(24,8-10-22)13-21-11-12-26-15-20(25,14-21)16-27-18-5-3-2-4-6-18/h2-6,24-25H,7-16H2,1H3/t20-/m0/s1. The third-order valence-electron chi connectivity index (χ3n) is 5.35. The summed E-state index contributed by atoms with van der Waals surface area (Å²) >= 11 is 0. The molecule has 2 aliphatic heterocycles. The van der Waals surface area contributed by atoms with Gasteiger partial charge in [-0.05, 0) is 25.0 Å². The first-order valence-corrected chi connectivity index (χ1v) is 9.56. The van der Waals surface area contributed by atoms with Crippen LogP contribution in [0.5, 0.6) is 5.75 Å². The molecule has 150 valence electrons. The minimum absolute atomic E-state index is 0.0488. The molecule has 2 N–H and O–H groups in total. The highest BCUT2D eigenvalue weighted by molar-refractivity contribution is 5.73. The molecular weight excluding hydrogens is 348 g/mol. The maximum absolute atomic E-state index is 11.5. The molecule has 2 fully saturated rings. The number of nitrogens with zero attached hydrogens (tertiary/aromatic N) is 2. The fourth-order valence-electron chi connectivity index (χ4n) is 3.77. The molecule has 0 aromatic heterocycles. The van der Waals surface area contributed by atoms with Crippen LogP contribution >= 0.6 is 0 Å². The molecule has 2 saturated heterocycles. The molecule has 0 saturated carbocycles. The van der Waals surface area contributed by atoms with Crippen molar-refractivity contribution >= 4 is 5.91 Å². The number of hydrogen-bond donors (Lipinski definition) is 2. The molecule has 0 aliphatic carbocycles. The van der Waals surface area contributed by atoms with Gasteiger partial charge in [0.05, 0.1) is 18.8 Å². The number of piperidine rings is 1. The molecule has 0 radical (unpaired) electrons. The number of benzene rings is 1. The number of rotatable bonds is 5. The van der Waals surface area contributed by atoms with E-state index in [1.54, 1.807) is 11.8 Å². The number of hydrogen-bond acceptors (Lipinski definition) is 6. The van der Waals surface area contributed by atoms with E-state index in [1.807, 2.05) is 35.2 Å². The third-order valence-corrected chi connectivity index (χ3v) is 5.35. The lowest BCUT2D eigenvalue weighted by atomic mass is 9.90. The number of likely N-dealkylation sites (tertiary alicyclic amines) is 1. The van der Waals surface area contributed by atoms with Crippen LogP contribution in [0.2, 0.25) is 0 Å². The number of para-hydroxylation sites is 1. The van der Waals surface area contributed by atoms with Crippen LogP contribution in [0.25, 0.3) is 0 Å². The van der Waals surface area contributed by atoms with E-state index in [0.29, 0.717) is 57.9 Å². The number of carbonyl (C=O) groups excluding carboxylic acids is 1. The monoisotopic (exact) mass is 378 g/mol. The van der Waals surface area contributed by atoms with E-state index in [9.17, 15) is 15.0 Å². The van der Waals surface area contributed by atoms with Gasteiger partial charge in [0.15, 0.2) is 0 Å². The summed E-state index contributed by atoms with van der Waals surface area (Å²) in [4.78, 5) is 15.3. The van der Waals surface area contributed by atoms with E-state index in [2.05, 4.69) is 0 Å². The van der Waals surface area contributed by atoms with Crippen LogP contribution in [0.15, 0.2) is 30.3 Å². The highest BCUT2D eigenvalue weighted by atomic mass is 16.5. The summed E-state index contributed by atoms with van der Waals surface area (Å²) in [5.41, 5.74) is -1.99. The summed E-state index contributed by atoms with van der Waals surface area (Å²) < 4.78 is 11.3. The Hall–Kier alpha value is -1.67. The summed E-state index contributed by atoms with van der Waals surface area (Å²) in [6.45, 7) is 5.00. The summed E-state index contributed by atoms with van der Waals surface area (Å²) in [5.74, 6) is 0.754. The number of ether oxygens (including phenoxy) is 2. The van der Waals surface area contributed by atoms with Crippen LogP contribution in [-0.2, 0) is 9.53 Å². The van der Waals surface area contributed by atoms with Gasteiger partial charge in [-0.2, -0.15) is 0 Å². The number of amides is 1. The molecule has 2 heterocycles. The fraction of sp³-hybridized carbons (Fsp3) is 0.650. The zero-order chi connectivity index (χ0) is 19.3. The van der Waals surface area contributed by atoms with Crippen molar-refractivity contribution in [2.75, 3.05) is 52.5 Å². The van der Waals surface area contributed by atoms with E-state index in [1.165, 1.54) is 0 Å². The van der Waals surface area contributed by atoms with Crippen LogP contribution in [0, 0.1) is 0 Å². The van der Waals surface area contributed by atoms with Gasteiger partial charge in [-0.25, -0.2) is 0 Å². The molecule has 2 aliphatic rings. The number of carbonyl (C=O) groups is 1. The van der Waals surface area contributed by atoms with Crippen molar-refractivity contribution in [2.45, 2.75) is 31.0 Å². The van der Waals surface area contributed by atoms with Crippen molar-refractivity contribution in [3.05, 3.63) is 30.3 Å². The van der Waals surface area contributed by atoms with Crippen LogP contribution in [0.3, 0.4) is 0 Å². The topological polar surface area (TPSA) is 82.5 Å². The molecule has 1 aromatic carbocycles. The van der Waals surface area contributed by atoms with Crippen molar-refractivity contribution in [1.82, 2.24) is 9.80 Å². The van der Waals surface area contributed by atoms with E-state index < -0.39 is 11.2 Å². The van der Waals surface area contributed by atoms with Crippen molar-refractivity contribution < 1.29 is 24.5 Å². The van der Waals surface area contributed by atoms with Gasteiger partial charge in [0.25, 0.3) is 0 Å². The summed E-state index contributed by atoms with van der Waals surface area (Å²) in [5, 5.41) is 21.9.